The molecule has 0 saturated carbocycles. The quantitative estimate of drug-likeness (QED) is 0.808. The van der Waals surface area contributed by atoms with Gasteiger partial charge in [-0.25, -0.2) is 4.98 Å². The predicted octanol–water partition coefficient (Wildman–Crippen LogP) is 2.10. The molecule has 0 bridgehead atoms. The van der Waals surface area contributed by atoms with E-state index >= 15 is 0 Å². The number of rotatable bonds is 2. The summed E-state index contributed by atoms with van der Waals surface area (Å²) in [5.74, 6) is 1.23. The summed E-state index contributed by atoms with van der Waals surface area (Å²) in [6, 6.07) is 5.51. The molecule has 0 amide bonds. The highest BCUT2D eigenvalue weighted by Crippen LogP contribution is 2.32. The molecule has 0 aliphatic heterocycles. The summed E-state index contributed by atoms with van der Waals surface area (Å²) in [6.45, 7) is 4.00. The van der Waals surface area contributed by atoms with Crippen molar-refractivity contribution >= 4 is 5.69 Å². The molecule has 1 heterocycles. The number of hydrogen-bond acceptors (Lipinski definition) is 4. The first-order chi connectivity index (χ1) is 8.22. The second-order valence-electron chi connectivity index (χ2n) is 3.17. The van der Waals surface area contributed by atoms with Crippen molar-refractivity contribution in [1.82, 2.24) is 14.8 Å². The number of nitrogens with two attached hydrogens (primary N) is 1. The van der Waals surface area contributed by atoms with Crippen LogP contribution in [0.5, 0.6) is 5.75 Å². The van der Waals surface area contributed by atoms with E-state index in [0.29, 0.717) is 17.3 Å². The van der Waals surface area contributed by atoms with E-state index in [9.17, 15) is 0 Å². The molecule has 2 aromatic rings. The number of para-hydroxylation sites is 1. The second-order valence-corrected chi connectivity index (χ2v) is 3.17. The van der Waals surface area contributed by atoms with E-state index in [1.54, 1.807) is 24.2 Å². The van der Waals surface area contributed by atoms with Crippen LogP contribution in [0.25, 0.3) is 11.4 Å². The number of methoxy groups -OCH3 is 1. The summed E-state index contributed by atoms with van der Waals surface area (Å²) in [4.78, 5) is 4.15. The first-order valence-electron chi connectivity index (χ1n) is 5.51. The Morgan fingerprint density at radius 3 is 2.53 bits per heavy atom. The van der Waals surface area contributed by atoms with Gasteiger partial charge in [0.2, 0.25) is 0 Å². The van der Waals surface area contributed by atoms with Crippen LogP contribution in [0.2, 0.25) is 0 Å². The van der Waals surface area contributed by atoms with E-state index < -0.39 is 0 Å². The van der Waals surface area contributed by atoms with Crippen LogP contribution < -0.4 is 10.5 Å². The zero-order valence-electron chi connectivity index (χ0n) is 10.6. The Morgan fingerprint density at radius 1 is 1.29 bits per heavy atom. The van der Waals surface area contributed by atoms with Crippen LogP contribution >= 0.6 is 0 Å². The molecule has 5 heteroatoms. The lowest BCUT2D eigenvalue weighted by atomic mass is 10.1. The third-order valence-corrected chi connectivity index (χ3v) is 2.09. The van der Waals surface area contributed by atoms with E-state index in [1.807, 2.05) is 33.0 Å². The average Bonchev–Trinajstić information content (AvgIpc) is 2.78. The number of nitrogen functional groups attached to an aromatic ring is 1. The SMILES string of the molecule is CC.COc1c(N)cccc1-c1ncn(C)n1. The summed E-state index contributed by atoms with van der Waals surface area (Å²) < 4.78 is 6.86. The zero-order valence-corrected chi connectivity index (χ0v) is 10.6. The highest BCUT2D eigenvalue weighted by atomic mass is 16.5. The molecule has 0 radical (unpaired) electrons. The van der Waals surface area contributed by atoms with E-state index in [1.165, 1.54) is 0 Å². The molecule has 2 rings (SSSR count). The van der Waals surface area contributed by atoms with Gasteiger partial charge in [-0.15, -0.1) is 0 Å². The van der Waals surface area contributed by atoms with Crippen LogP contribution in [0, 0.1) is 0 Å². The van der Waals surface area contributed by atoms with Gasteiger partial charge < -0.3 is 10.5 Å². The molecule has 0 spiro atoms. The van der Waals surface area contributed by atoms with Crippen molar-refractivity contribution in [2.75, 3.05) is 12.8 Å². The normalized spacial score (nSPS) is 9.41. The smallest absolute Gasteiger partial charge is 0.184 e. The van der Waals surface area contributed by atoms with Crippen molar-refractivity contribution in [3.63, 3.8) is 0 Å². The van der Waals surface area contributed by atoms with E-state index in [2.05, 4.69) is 10.1 Å². The average molecular weight is 234 g/mol. The lowest BCUT2D eigenvalue weighted by Crippen LogP contribution is -1.96. The van der Waals surface area contributed by atoms with Gasteiger partial charge in [-0.3, -0.25) is 4.68 Å². The number of anilines is 1. The number of nitrogens with zero attached hydrogens (tertiary/aromatic N) is 3. The maximum absolute atomic E-state index is 5.79. The van der Waals surface area contributed by atoms with Gasteiger partial charge in [0.15, 0.2) is 11.6 Å². The van der Waals surface area contributed by atoms with Gasteiger partial charge in [-0.05, 0) is 12.1 Å². The van der Waals surface area contributed by atoms with Crippen molar-refractivity contribution in [3.8, 4) is 17.1 Å². The van der Waals surface area contributed by atoms with Crippen LogP contribution in [0.3, 0.4) is 0 Å². The first kappa shape index (κ1) is 13.0. The third-order valence-electron chi connectivity index (χ3n) is 2.09. The Bertz CT molecular complexity index is 479. The molecule has 0 aliphatic carbocycles. The van der Waals surface area contributed by atoms with Crippen molar-refractivity contribution < 1.29 is 4.74 Å². The summed E-state index contributed by atoms with van der Waals surface area (Å²) in [7, 11) is 3.40. The second kappa shape index (κ2) is 5.89. The van der Waals surface area contributed by atoms with Gasteiger partial charge in [-0.2, -0.15) is 5.10 Å². The highest BCUT2D eigenvalue weighted by molar-refractivity contribution is 5.72. The molecule has 0 aliphatic rings. The fraction of sp³-hybridized carbons (Fsp3) is 0.333. The van der Waals surface area contributed by atoms with Gasteiger partial charge in [0, 0.05) is 7.05 Å². The molecule has 92 valence electrons. The Morgan fingerprint density at radius 2 is 2.00 bits per heavy atom. The summed E-state index contributed by atoms with van der Waals surface area (Å²) in [6.07, 6.45) is 1.64. The largest absolute Gasteiger partial charge is 0.494 e. The predicted molar refractivity (Wildman–Crippen MR) is 68.8 cm³/mol. The molecule has 0 unspecified atom stereocenters. The van der Waals surface area contributed by atoms with Gasteiger partial charge in [0.1, 0.15) is 6.33 Å². The highest BCUT2D eigenvalue weighted by Gasteiger charge is 2.11. The number of ether oxygens (including phenoxy) is 1. The summed E-state index contributed by atoms with van der Waals surface area (Å²) >= 11 is 0. The minimum atomic E-state index is 0.586. The number of aryl methyl sites for hydroxylation is 1. The van der Waals surface area contributed by atoms with Crippen molar-refractivity contribution in [2.24, 2.45) is 7.05 Å². The Kier molecular flexibility index (Phi) is 4.51. The summed E-state index contributed by atoms with van der Waals surface area (Å²) in [5.41, 5.74) is 7.18. The van der Waals surface area contributed by atoms with Gasteiger partial charge in [0.25, 0.3) is 0 Å². The van der Waals surface area contributed by atoms with E-state index in [4.69, 9.17) is 10.5 Å². The van der Waals surface area contributed by atoms with E-state index in [-0.39, 0.29) is 0 Å². The van der Waals surface area contributed by atoms with Crippen molar-refractivity contribution in [3.05, 3.63) is 24.5 Å². The Balaban J connectivity index is 0.000000686. The standard InChI is InChI=1S/C10H12N4O.C2H6/c1-14-6-12-10(13-14)7-4-3-5-8(11)9(7)15-2;1-2/h3-6H,11H2,1-2H3;1-2H3. The van der Waals surface area contributed by atoms with Gasteiger partial charge in [0.05, 0.1) is 18.4 Å². The van der Waals surface area contributed by atoms with Crippen LogP contribution in [0.4, 0.5) is 5.69 Å². The fourth-order valence-corrected chi connectivity index (χ4v) is 1.42. The van der Waals surface area contributed by atoms with Gasteiger partial charge in [-0.1, -0.05) is 19.9 Å². The Labute approximate surface area is 101 Å². The van der Waals surface area contributed by atoms with Crippen molar-refractivity contribution in [2.45, 2.75) is 13.8 Å². The molecule has 0 saturated heterocycles. The molecule has 0 fully saturated rings. The van der Waals surface area contributed by atoms with Crippen LogP contribution in [0.15, 0.2) is 24.5 Å². The summed E-state index contributed by atoms with van der Waals surface area (Å²) in [5, 5.41) is 4.20. The number of benzene rings is 1. The third kappa shape index (κ3) is 2.75. The molecule has 0 atom stereocenters. The van der Waals surface area contributed by atoms with Crippen LogP contribution in [-0.2, 0) is 7.05 Å². The molecule has 17 heavy (non-hydrogen) atoms. The molecular weight excluding hydrogens is 216 g/mol. The number of aromatic nitrogens is 3. The molecule has 1 aromatic carbocycles. The Hall–Kier alpha value is -2.04. The fourth-order valence-electron chi connectivity index (χ4n) is 1.42. The van der Waals surface area contributed by atoms with Crippen molar-refractivity contribution in [1.29, 1.82) is 0 Å². The molecule has 2 N–H and O–H groups in total. The lowest BCUT2D eigenvalue weighted by Gasteiger charge is -2.07. The van der Waals surface area contributed by atoms with Gasteiger partial charge >= 0.3 is 0 Å². The molecule has 5 nitrogen and oxygen atoms in total. The minimum Gasteiger partial charge on any atom is -0.494 e. The maximum atomic E-state index is 5.79. The number of hydrogen-bond donors (Lipinski definition) is 1. The topological polar surface area (TPSA) is 66.0 Å². The lowest BCUT2D eigenvalue weighted by molar-refractivity contribution is 0.418. The molecular formula is C12H18N4O. The van der Waals surface area contributed by atoms with E-state index in [0.717, 1.165) is 5.56 Å². The zero-order chi connectivity index (χ0) is 12.8. The van der Waals surface area contributed by atoms with Crippen LogP contribution in [-0.4, -0.2) is 21.9 Å². The van der Waals surface area contributed by atoms with Crippen LogP contribution in [0.1, 0.15) is 13.8 Å². The maximum Gasteiger partial charge on any atom is 0.184 e. The monoisotopic (exact) mass is 234 g/mol. The minimum absolute atomic E-state index is 0.586. The first-order valence-corrected chi connectivity index (χ1v) is 5.51. The molecule has 1 aromatic heterocycles.